The molecule has 3 nitrogen and oxygen atoms in total. The van der Waals surface area contributed by atoms with Gasteiger partial charge < -0.3 is 4.90 Å². The molecule has 0 saturated heterocycles. The summed E-state index contributed by atoms with van der Waals surface area (Å²) in [4.78, 5) is 12.2. The van der Waals surface area contributed by atoms with E-state index in [1.54, 1.807) is 21.0 Å². The van der Waals surface area contributed by atoms with Crippen LogP contribution in [0.1, 0.15) is 6.92 Å². The molecule has 0 N–H and O–H groups in total. The monoisotopic (exact) mass is 126 g/mol. The Labute approximate surface area is 54.9 Å². The number of nitrogens with zero attached hydrogens (tertiary/aromatic N) is 2. The number of carbonyl (C=O) groups excluding carboxylic acids is 1. The minimum absolute atomic E-state index is 0.141. The Morgan fingerprint density at radius 3 is 2.22 bits per heavy atom. The molecule has 0 spiro atoms. The molecule has 0 fully saturated rings. The van der Waals surface area contributed by atoms with Crippen LogP contribution in [0.2, 0.25) is 0 Å². The molecule has 0 aromatic carbocycles. The lowest BCUT2D eigenvalue weighted by Gasteiger charge is -2.10. The standard InChI is InChI=1S/C6H10N2O/c1-5(4-7)6(9)8(2)3/h5H,1-3H3. The van der Waals surface area contributed by atoms with Gasteiger partial charge in [-0.2, -0.15) is 5.26 Å². The molecule has 50 valence electrons. The van der Waals surface area contributed by atoms with Gasteiger partial charge in [0.05, 0.1) is 6.07 Å². The second kappa shape index (κ2) is 3.08. The van der Waals surface area contributed by atoms with E-state index in [9.17, 15) is 4.79 Å². The fourth-order valence-corrected chi connectivity index (χ4v) is 0.443. The third-order valence-corrected chi connectivity index (χ3v) is 1.00. The Bertz CT molecular complexity index is 146. The smallest absolute Gasteiger partial charge is 0.239 e. The highest BCUT2D eigenvalue weighted by atomic mass is 16.2. The molecule has 1 unspecified atom stereocenters. The zero-order chi connectivity index (χ0) is 7.44. The first kappa shape index (κ1) is 7.96. The Morgan fingerprint density at radius 2 is 2.11 bits per heavy atom. The molecule has 1 atom stereocenters. The van der Waals surface area contributed by atoms with E-state index in [-0.39, 0.29) is 5.91 Å². The fraction of sp³-hybridized carbons (Fsp3) is 0.667. The maximum absolute atomic E-state index is 10.8. The summed E-state index contributed by atoms with van der Waals surface area (Å²) in [5.74, 6) is -0.655. The van der Waals surface area contributed by atoms with Crippen molar-refractivity contribution in [2.75, 3.05) is 14.1 Å². The molecule has 0 radical (unpaired) electrons. The first-order valence-electron chi connectivity index (χ1n) is 2.70. The summed E-state index contributed by atoms with van der Waals surface area (Å²) in [6.45, 7) is 1.59. The van der Waals surface area contributed by atoms with Gasteiger partial charge in [-0.25, -0.2) is 0 Å². The molecule has 0 aromatic rings. The van der Waals surface area contributed by atoms with Crippen molar-refractivity contribution < 1.29 is 4.79 Å². The third-order valence-electron chi connectivity index (χ3n) is 1.00. The number of hydrogen-bond donors (Lipinski definition) is 0. The van der Waals surface area contributed by atoms with Crippen LogP contribution in [-0.4, -0.2) is 24.9 Å². The lowest BCUT2D eigenvalue weighted by molar-refractivity contribution is -0.130. The number of carbonyl (C=O) groups is 1. The lowest BCUT2D eigenvalue weighted by Crippen LogP contribution is -2.26. The largest absolute Gasteiger partial charge is 0.348 e. The predicted molar refractivity (Wildman–Crippen MR) is 33.5 cm³/mol. The molecule has 9 heavy (non-hydrogen) atoms. The van der Waals surface area contributed by atoms with Gasteiger partial charge in [0.15, 0.2) is 0 Å². The van der Waals surface area contributed by atoms with Crippen LogP contribution < -0.4 is 0 Å². The number of nitriles is 1. The highest BCUT2D eigenvalue weighted by molar-refractivity contribution is 5.80. The van der Waals surface area contributed by atoms with Gasteiger partial charge in [0.1, 0.15) is 5.92 Å². The van der Waals surface area contributed by atoms with E-state index in [0.717, 1.165) is 0 Å². The van der Waals surface area contributed by atoms with Gasteiger partial charge in [0.25, 0.3) is 0 Å². The van der Waals surface area contributed by atoms with E-state index >= 15 is 0 Å². The van der Waals surface area contributed by atoms with Crippen molar-refractivity contribution in [3.05, 3.63) is 0 Å². The van der Waals surface area contributed by atoms with Crippen molar-refractivity contribution in [3.63, 3.8) is 0 Å². The van der Waals surface area contributed by atoms with Crippen molar-refractivity contribution in [3.8, 4) is 6.07 Å². The SMILES string of the molecule is CC(C#N)C(=O)N(C)C. The van der Waals surface area contributed by atoms with Crippen LogP contribution in [0.4, 0.5) is 0 Å². The van der Waals surface area contributed by atoms with Gasteiger partial charge in [-0.05, 0) is 6.92 Å². The van der Waals surface area contributed by atoms with Gasteiger partial charge >= 0.3 is 0 Å². The van der Waals surface area contributed by atoms with Crippen LogP contribution in [0.15, 0.2) is 0 Å². The van der Waals surface area contributed by atoms with Crippen LogP contribution in [0.25, 0.3) is 0 Å². The second-order valence-electron chi connectivity index (χ2n) is 2.08. The summed E-state index contributed by atoms with van der Waals surface area (Å²) >= 11 is 0. The van der Waals surface area contributed by atoms with Gasteiger partial charge in [0.2, 0.25) is 5.91 Å². The van der Waals surface area contributed by atoms with Gasteiger partial charge in [0, 0.05) is 14.1 Å². The van der Waals surface area contributed by atoms with Crippen molar-refractivity contribution >= 4 is 5.91 Å². The van der Waals surface area contributed by atoms with Crippen LogP contribution in [0.3, 0.4) is 0 Å². The molecule has 1 amide bonds. The van der Waals surface area contributed by atoms with Crippen LogP contribution >= 0.6 is 0 Å². The van der Waals surface area contributed by atoms with Gasteiger partial charge in [-0.1, -0.05) is 0 Å². The van der Waals surface area contributed by atoms with E-state index in [0.29, 0.717) is 0 Å². The minimum Gasteiger partial charge on any atom is -0.348 e. The fourth-order valence-electron chi connectivity index (χ4n) is 0.443. The van der Waals surface area contributed by atoms with Crippen molar-refractivity contribution in [2.45, 2.75) is 6.92 Å². The third kappa shape index (κ3) is 2.13. The summed E-state index contributed by atoms with van der Waals surface area (Å²) in [6, 6.07) is 1.85. The number of hydrogen-bond acceptors (Lipinski definition) is 2. The molecule has 3 heteroatoms. The molecule has 0 aliphatic carbocycles. The summed E-state index contributed by atoms with van der Waals surface area (Å²) in [5, 5.41) is 8.26. The molecular formula is C6H10N2O. The van der Waals surface area contributed by atoms with Gasteiger partial charge in [-0.3, -0.25) is 4.79 Å². The molecule has 0 aliphatic heterocycles. The normalized spacial score (nSPS) is 11.8. The highest BCUT2D eigenvalue weighted by Gasteiger charge is 2.12. The summed E-state index contributed by atoms with van der Waals surface area (Å²) in [7, 11) is 3.27. The van der Waals surface area contributed by atoms with E-state index in [1.165, 1.54) is 4.90 Å². The maximum Gasteiger partial charge on any atom is 0.239 e. The summed E-state index contributed by atoms with van der Waals surface area (Å²) in [6.07, 6.45) is 0. The average Bonchev–Trinajstić information content (AvgIpc) is 1.84. The van der Waals surface area contributed by atoms with Crippen molar-refractivity contribution in [1.29, 1.82) is 5.26 Å². The topological polar surface area (TPSA) is 44.1 Å². The lowest BCUT2D eigenvalue weighted by atomic mass is 10.2. The van der Waals surface area contributed by atoms with Crippen LogP contribution in [0, 0.1) is 17.2 Å². The first-order valence-corrected chi connectivity index (χ1v) is 2.70. The zero-order valence-corrected chi connectivity index (χ0v) is 5.88. The maximum atomic E-state index is 10.8. The van der Waals surface area contributed by atoms with E-state index < -0.39 is 5.92 Å². The Balaban J connectivity index is 3.92. The molecule has 0 aromatic heterocycles. The van der Waals surface area contributed by atoms with Crippen LogP contribution in [-0.2, 0) is 4.79 Å². The van der Waals surface area contributed by atoms with E-state index in [4.69, 9.17) is 5.26 Å². The molecular weight excluding hydrogens is 116 g/mol. The molecule has 0 heterocycles. The van der Waals surface area contributed by atoms with Gasteiger partial charge in [-0.15, -0.1) is 0 Å². The van der Waals surface area contributed by atoms with E-state index in [2.05, 4.69) is 0 Å². The Hall–Kier alpha value is -1.04. The zero-order valence-electron chi connectivity index (χ0n) is 5.88. The minimum atomic E-state index is -0.514. The van der Waals surface area contributed by atoms with E-state index in [1.807, 2.05) is 6.07 Å². The van der Waals surface area contributed by atoms with Crippen molar-refractivity contribution in [2.24, 2.45) is 5.92 Å². The Kier molecular flexibility index (Phi) is 2.72. The molecule has 0 rings (SSSR count). The summed E-state index contributed by atoms with van der Waals surface area (Å²) < 4.78 is 0. The van der Waals surface area contributed by atoms with Crippen LogP contribution in [0.5, 0.6) is 0 Å². The Morgan fingerprint density at radius 1 is 1.67 bits per heavy atom. The number of amides is 1. The second-order valence-corrected chi connectivity index (χ2v) is 2.08. The quantitative estimate of drug-likeness (QED) is 0.505. The summed E-state index contributed by atoms with van der Waals surface area (Å²) in [5.41, 5.74) is 0. The number of rotatable bonds is 1. The molecule has 0 saturated carbocycles. The average molecular weight is 126 g/mol. The molecule has 0 bridgehead atoms. The van der Waals surface area contributed by atoms with Crippen molar-refractivity contribution in [1.82, 2.24) is 4.90 Å². The highest BCUT2D eigenvalue weighted by Crippen LogP contribution is 1.94. The molecule has 0 aliphatic rings. The predicted octanol–water partition coefficient (Wildman–Crippen LogP) is 0.234. The first-order chi connectivity index (χ1) is 4.09.